The molecule has 21 heavy (non-hydrogen) atoms. The van der Waals surface area contributed by atoms with Gasteiger partial charge in [0.1, 0.15) is 21.5 Å². The lowest BCUT2D eigenvalue weighted by Crippen LogP contribution is -2.33. The average Bonchev–Trinajstić information content (AvgIpc) is 3.17. The van der Waals surface area contributed by atoms with E-state index in [9.17, 15) is 10.1 Å². The van der Waals surface area contributed by atoms with E-state index in [1.54, 1.807) is 0 Å². The van der Waals surface area contributed by atoms with Crippen molar-refractivity contribution in [1.82, 2.24) is 5.32 Å². The Bertz CT molecular complexity index is 608. The minimum Gasteiger partial charge on any atom is -0.396 e. The third kappa shape index (κ3) is 2.84. The molecule has 0 aromatic carbocycles. The van der Waals surface area contributed by atoms with E-state index in [4.69, 9.17) is 5.73 Å². The van der Waals surface area contributed by atoms with E-state index in [0.717, 1.165) is 24.4 Å². The minimum atomic E-state index is -0.153. The fraction of sp³-hybridized carbons (Fsp3) is 0.600. The molecule has 6 heteroatoms. The topological polar surface area (TPSA) is 90.9 Å². The number of hydrogen-bond donors (Lipinski definition) is 3. The van der Waals surface area contributed by atoms with Gasteiger partial charge in [-0.3, -0.25) is 4.79 Å². The molecule has 0 radical (unpaired) electrons. The molecule has 2 aliphatic rings. The summed E-state index contributed by atoms with van der Waals surface area (Å²) in [5.74, 6) is -0.153. The molecule has 3 rings (SSSR count). The van der Waals surface area contributed by atoms with Gasteiger partial charge in [0.25, 0.3) is 5.91 Å². The second-order valence-corrected chi connectivity index (χ2v) is 7.45. The molecule has 5 nitrogen and oxygen atoms in total. The Morgan fingerprint density at radius 1 is 1.52 bits per heavy atom. The Labute approximate surface area is 128 Å². The van der Waals surface area contributed by atoms with Gasteiger partial charge < -0.3 is 16.4 Å². The van der Waals surface area contributed by atoms with Gasteiger partial charge in [0.2, 0.25) is 0 Å². The summed E-state index contributed by atoms with van der Waals surface area (Å²) in [6, 6.07) is 2.41. The number of thiophene rings is 1. The molecule has 4 N–H and O–H groups in total. The maximum absolute atomic E-state index is 12.1. The normalized spacial score (nSPS) is 19.4. The first-order chi connectivity index (χ1) is 10.0. The van der Waals surface area contributed by atoms with Crippen LogP contribution in [0, 0.1) is 16.7 Å². The van der Waals surface area contributed by atoms with Crippen molar-refractivity contribution in [3.63, 3.8) is 0 Å². The highest BCUT2D eigenvalue weighted by Gasteiger charge is 2.32. The predicted molar refractivity (Wildman–Crippen MR) is 84.4 cm³/mol. The van der Waals surface area contributed by atoms with Crippen molar-refractivity contribution >= 4 is 27.9 Å². The fourth-order valence-corrected chi connectivity index (χ4v) is 3.55. The van der Waals surface area contributed by atoms with Crippen molar-refractivity contribution in [2.24, 2.45) is 5.41 Å². The van der Waals surface area contributed by atoms with Crippen molar-refractivity contribution in [2.75, 3.05) is 17.6 Å². The van der Waals surface area contributed by atoms with Crippen LogP contribution in [0.15, 0.2) is 0 Å². The number of nitrogens with one attached hydrogen (secondary N) is 2. The molecular weight excluding hydrogens is 284 g/mol. The predicted octanol–water partition coefficient (Wildman–Crippen LogP) is 2.70. The largest absolute Gasteiger partial charge is 0.396 e. The van der Waals surface area contributed by atoms with Gasteiger partial charge in [-0.05, 0) is 31.1 Å². The lowest BCUT2D eigenvalue weighted by Gasteiger charge is -2.38. The molecule has 0 saturated heterocycles. The first kappa shape index (κ1) is 14.2. The molecule has 0 unspecified atom stereocenters. The molecule has 1 heterocycles. The monoisotopic (exact) mass is 304 g/mol. The van der Waals surface area contributed by atoms with Crippen LogP contribution in [0.1, 0.15) is 54.3 Å². The highest BCUT2D eigenvalue weighted by Crippen LogP contribution is 2.42. The number of nitriles is 1. The zero-order chi connectivity index (χ0) is 15.0. The van der Waals surface area contributed by atoms with E-state index >= 15 is 0 Å². The van der Waals surface area contributed by atoms with Gasteiger partial charge in [-0.15, -0.1) is 11.3 Å². The van der Waals surface area contributed by atoms with Gasteiger partial charge in [-0.1, -0.05) is 13.3 Å². The maximum atomic E-state index is 12.1. The zero-order valence-electron chi connectivity index (χ0n) is 12.2. The summed E-state index contributed by atoms with van der Waals surface area (Å²) in [6.45, 7) is 3.07. The number of nitrogen functional groups attached to an aromatic ring is 1. The number of amides is 1. The molecule has 0 aliphatic heterocycles. The number of rotatable bonds is 5. The Balaban J connectivity index is 1.76. The first-order valence-electron chi connectivity index (χ1n) is 7.39. The van der Waals surface area contributed by atoms with E-state index < -0.39 is 0 Å². The van der Waals surface area contributed by atoms with E-state index in [0.29, 0.717) is 21.5 Å². The van der Waals surface area contributed by atoms with Crippen molar-refractivity contribution in [3.8, 4) is 6.07 Å². The quantitative estimate of drug-likeness (QED) is 0.780. The molecule has 0 atom stereocenters. The number of carbonyl (C=O) groups excluding carboxylic acids is 1. The summed E-state index contributed by atoms with van der Waals surface area (Å²) in [7, 11) is 0. The van der Waals surface area contributed by atoms with E-state index in [1.165, 1.54) is 30.6 Å². The lowest BCUT2D eigenvalue weighted by molar-refractivity contribution is 0.0956. The fourth-order valence-electron chi connectivity index (χ4n) is 2.58. The number of anilines is 2. The summed E-state index contributed by atoms with van der Waals surface area (Å²) in [5, 5.41) is 16.3. The number of carbonyl (C=O) groups is 1. The van der Waals surface area contributed by atoms with Crippen molar-refractivity contribution in [2.45, 2.75) is 45.1 Å². The molecule has 1 aromatic heterocycles. The summed E-state index contributed by atoms with van der Waals surface area (Å²) in [5.41, 5.74) is 7.01. The minimum absolute atomic E-state index is 0.153. The van der Waals surface area contributed by atoms with Gasteiger partial charge in [-0.25, -0.2) is 0 Å². The molecule has 2 saturated carbocycles. The van der Waals surface area contributed by atoms with E-state index in [2.05, 4.69) is 23.6 Å². The average molecular weight is 304 g/mol. The third-order valence-electron chi connectivity index (χ3n) is 4.41. The second kappa shape index (κ2) is 5.23. The van der Waals surface area contributed by atoms with Crippen LogP contribution in [0.4, 0.5) is 10.7 Å². The van der Waals surface area contributed by atoms with Gasteiger partial charge in [0, 0.05) is 12.6 Å². The molecule has 112 valence electrons. The number of nitrogens with two attached hydrogens (primary N) is 1. The van der Waals surface area contributed by atoms with E-state index in [-0.39, 0.29) is 11.9 Å². The molecule has 1 aromatic rings. The van der Waals surface area contributed by atoms with Crippen LogP contribution in [-0.4, -0.2) is 18.5 Å². The van der Waals surface area contributed by atoms with Gasteiger partial charge in [0.15, 0.2) is 0 Å². The van der Waals surface area contributed by atoms with Crippen LogP contribution < -0.4 is 16.4 Å². The summed E-state index contributed by atoms with van der Waals surface area (Å²) >= 11 is 1.29. The Hall–Kier alpha value is -1.74. The zero-order valence-corrected chi connectivity index (χ0v) is 13.0. The smallest absolute Gasteiger partial charge is 0.263 e. The summed E-state index contributed by atoms with van der Waals surface area (Å²) < 4.78 is 0. The molecule has 2 aliphatic carbocycles. The Morgan fingerprint density at radius 2 is 2.24 bits per heavy atom. The summed E-state index contributed by atoms with van der Waals surface area (Å²) in [4.78, 5) is 12.6. The van der Waals surface area contributed by atoms with Crippen LogP contribution >= 0.6 is 11.3 Å². The standard InChI is InChI=1S/C15H20N4OS/c1-15(5-2-6-15)8-18-14-10(7-16)11(17)12(21-14)13(20)19-9-3-4-9/h9,18H,2-6,8,17H2,1H3,(H,19,20). The van der Waals surface area contributed by atoms with Crippen molar-refractivity contribution in [1.29, 1.82) is 5.26 Å². The molecular formula is C15H20N4OS. The summed E-state index contributed by atoms with van der Waals surface area (Å²) in [6.07, 6.45) is 5.75. The Kier molecular flexibility index (Phi) is 3.54. The Morgan fingerprint density at radius 3 is 2.76 bits per heavy atom. The van der Waals surface area contributed by atoms with Gasteiger partial charge in [0.05, 0.1) is 5.69 Å². The third-order valence-corrected chi connectivity index (χ3v) is 5.57. The van der Waals surface area contributed by atoms with Crippen LogP contribution in [0.2, 0.25) is 0 Å². The SMILES string of the molecule is CC1(CNc2sc(C(=O)NC3CC3)c(N)c2C#N)CCC1. The van der Waals surface area contributed by atoms with Gasteiger partial charge in [-0.2, -0.15) is 5.26 Å². The number of nitrogens with zero attached hydrogens (tertiary/aromatic N) is 1. The van der Waals surface area contributed by atoms with Crippen LogP contribution in [-0.2, 0) is 0 Å². The highest BCUT2D eigenvalue weighted by molar-refractivity contribution is 7.18. The molecule has 0 bridgehead atoms. The number of hydrogen-bond acceptors (Lipinski definition) is 5. The molecule has 0 spiro atoms. The molecule has 1 amide bonds. The first-order valence-corrected chi connectivity index (χ1v) is 8.21. The van der Waals surface area contributed by atoms with E-state index in [1.807, 2.05) is 0 Å². The van der Waals surface area contributed by atoms with Crippen LogP contribution in [0.5, 0.6) is 0 Å². The van der Waals surface area contributed by atoms with Crippen LogP contribution in [0.3, 0.4) is 0 Å². The van der Waals surface area contributed by atoms with Crippen LogP contribution in [0.25, 0.3) is 0 Å². The second-order valence-electron chi connectivity index (χ2n) is 6.43. The molecule has 2 fully saturated rings. The van der Waals surface area contributed by atoms with Gasteiger partial charge >= 0.3 is 0 Å². The highest BCUT2D eigenvalue weighted by atomic mass is 32.1. The van der Waals surface area contributed by atoms with Crippen molar-refractivity contribution in [3.05, 3.63) is 10.4 Å². The maximum Gasteiger partial charge on any atom is 0.263 e. The lowest BCUT2D eigenvalue weighted by atomic mass is 9.70. The van der Waals surface area contributed by atoms with Crippen molar-refractivity contribution < 1.29 is 4.79 Å².